The molecule has 2 amide bonds. The van der Waals surface area contributed by atoms with Crippen LogP contribution in [-0.2, 0) is 40.3 Å². The van der Waals surface area contributed by atoms with Gasteiger partial charge < -0.3 is 20.3 Å². The summed E-state index contributed by atoms with van der Waals surface area (Å²) in [7, 11) is 0. The molecule has 2 aliphatic rings. The summed E-state index contributed by atoms with van der Waals surface area (Å²) < 4.78 is 34.5. The number of nitrogens with zero attached hydrogens (tertiary/aromatic N) is 1. The second-order valence-corrected chi connectivity index (χ2v) is 10.7. The molecule has 0 spiro atoms. The normalized spacial score (nSPS) is 20.7. The Morgan fingerprint density at radius 3 is 2.59 bits per heavy atom. The number of hydrogen-bond donors (Lipinski definition) is 2. The van der Waals surface area contributed by atoms with Crippen molar-refractivity contribution < 1.29 is 23.1 Å². The largest absolute Gasteiger partial charge is 0.372 e. The Balaban J connectivity index is 1.33. The molecule has 41 heavy (non-hydrogen) atoms. The molecule has 2 N–H and O–H groups in total. The standard InChI is InChI=1S/C33H35F2N3O3/c1-2-8-27-18-28(41-21-22-9-4-3-5-10-22)20-38(27)33(40)31(16-24-13-14-26(34)17-29(24)35)37-32(39)30-15-23-11-6-7-12-25(23)19-36-30/h2-7,9-14,17,27-28,30-31,36H,1,8,15-16,18-21H2,(H,37,39). The van der Waals surface area contributed by atoms with E-state index < -0.39 is 23.7 Å². The third kappa shape index (κ3) is 7.07. The van der Waals surface area contributed by atoms with Gasteiger partial charge in [-0.25, -0.2) is 8.78 Å². The number of nitrogens with one attached hydrogen (secondary N) is 2. The fraction of sp³-hybridized carbons (Fsp3) is 0.333. The minimum atomic E-state index is -1.04. The van der Waals surface area contributed by atoms with Crippen LogP contribution in [-0.4, -0.2) is 47.5 Å². The maximum Gasteiger partial charge on any atom is 0.245 e. The minimum absolute atomic E-state index is 0.104. The molecule has 4 atom stereocenters. The van der Waals surface area contributed by atoms with Crippen LogP contribution in [0, 0.1) is 11.6 Å². The van der Waals surface area contributed by atoms with Gasteiger partial charge >= 0.3 is 0 Å². The Bertz CT molecular complexity index is 1380. The maximum atomic E-state index is 14.7. The monoisotopic (exact) mass is 559 g/mol. The Kier molecular flexibility index (Phi) is 9.21. The number of amides is 2. The summed E-state index contributed by atoms with van der Waals surface area (Å²) in [5.41, 5.74) is 3.39. The van der Waals surface area contributed by atoms with Gasteiger partial charge in [0, 0.05) is 31.6 Å². The van der Waals surface area contributed by atoms with Crippen molar-refractivity contribution in [3.8, 4) is 0 Å². The molecule has 6 nitrogen and oxygen atoms in total. The second kappa shape index (κ2) is 13.2. The molecule has 1 fully saturated rings. The van der Waals surface area contributed by atoms with E-state index in [9.17, 15) is 18.4 Å². The highest BCUT2D eigenvalue weighted by Crippen LogP contribution is 2.26. The Morgan fingerprint density at radius 1 is 1.07 bits per heavy atom. The van der Waals surface area contributed by atoms with Crippen LogP contribution in [0.3, 0.4) is 0 Å². The molecule has 0 aliphatic carbocycles. The number of hydrogen-bond acceptors (Lipinski definition) is 4. The molecule has 3 aromatic carbocycles. The molecule has 2 aliphatic heterocycles. The number of halogens is 2. The molecule has 0 saturated carbocycles. The van der Waals surface area contributed by atoms with Gasteiger partial charge in [-0.05, 0) is 47.6 Å². The molecule has 0 bridgehead atoms. The van der Waals surface area contributed by atoms with E-state index in [2.05, 4.69) is 17.2 Å². The van der Waals surface area contributed by atoms with Gasteiger partial charge in [0.25, 0.3) is 0 Å². The SMILES string of the molecule is C=CCC1CC(OCc2ccccc2)CN1C(=O)C(Cc1ccc(F)cc1F)NC(=O)C1Cc2ccccc2CN1. The molecular formula is C33H35F2N3O3. The van der Waals surface area contributed by atoms with Crippen LogP contribution in [0.1, 0.15) is 35.1 Å². The zero-order chi connectivity index (χ0) is 28.8. The quantitative estimate of drug-likeness (QED) is 0.360. The summed E-state index contributed by atoms with van der Waals surface area (Å²) >= 11 is 0. The van der Waals surface area contributed by atoms with Crippen LogP contribution >= 0.6 is 0 Å². The van der Waals surface area contributed by atoms with Crippen LogP contribution in [0.15, 0.2) is 85.5 Å². The smallest absolute Gasteiger partial charge is 0.245 e. The lowest BCUT2D eigenvalue weighted by Gasteiger charge is -2.31. The van der Waals surface area contributed by atoms with E-state index in [0.29, 0.717) is 39.0 Å². The molecule has 1 saturated heterocycles. The van der Waals surface area contributed by atoms with Crippen LogP contribution in [0.2, 0.25) is 0 Å². The van der Waals surface area contributed by atoms with Crippen molar-refractivity contribution >= 4 is 11.8 Å². The maximum absolute atomic E-state index is 14.7. The number of ether oxygens (including phenoxy) is 1. The van der Waals surface area contributed by atoms with Gasteiger partial charge in [0.15, 0.2) is 0 Å². The fourth-order valence-electron chi connectivity index (χ4n) is 5.69. The van der Waals surface area contributed by atoms with E-state index in [0.717, 1.165) is 28.8 Å². The lowest BCUT2D eigenvalue weighted by molar-refractivity contribution is -0.138. The molecule has 0 radical (unpaired) electrons. The van der Waals surface area contributed by atoms with Gasteiger partial charge in [-0.2, -0.15) is 0 Å². The van der Waals surface area contributed by atoms with Gasteiger partial charge in [0.05, 0.1) is 18.8 Å². The summed E-state index contributed by atoms with van der Waals surface area (Å²) in [6, 6.07) is 19.2. The van der Waals surface area contributed by atoms with Gasteiger partial charge in [0.2, 0.25) is 11.8 Å². The van der Waals surface area contributed by atoms with Crippen molar-refractivity contribution in [2.45, 2.75) is 63.1 Å². The first kappa shape index (κ1) is 28.6. The van der Waals surface area contributed by atoms with Gasteiger partial charge in [-0.15, -0.1) is 6.58 Å². The van der Waals surface area contributed by atoms with Crippen molar-refractivity contribution in [3.63, 3.8) is 0 Å². The zero-order valence-corrected chi connectivity index (χ0v) is 22.9. The highest BCUT2D eigenvalue weighted by molar-refractivity contribution is 5.90. The fourth-order valence-corrected chi connectivity index (χ4v) is 5.69. The lowest BCUT2D eigenvalue weighted by Crippen LogP contribution is -2.56. The van der Waals surface area contributed by atoms with Gasteiger partial charge in [-0.3, -0.25) is 9.59 Å². The highest BCUT2D eigenvalue weighted by Gasteiger charge is 2.39. The van der Waals surface area contributed by atoms with E-state index in [1.165, 1.54) is 6.07 Å². The predicted molar refractivity (Wildman–Crippen MR) is 153 cm³/mol. The van der Waals surface area contributed by atoms with Crippen molar-refractivity contribution in [2.24, 2.45) is 0 Å². The second-order valence-electron chi connectivity index (χ2n) is 10.7. The number of carbonyl (C=O) groups is 2. The van der Waals surface area contributed by atoms with Crippen molar-refractivity contribution in [1.29, 1.82) is 0 Å². The molecule has 3 aromatic rings. The van der Waals surface area contributed by atoms with Crippen molar-refractivity contribution in [2.75, 3.05) is 6.54 Å². The Labute approximate surface area is 239 Å². The molecule has 214 valence electrons. The van der Waals surface area contributed by atoms with E-state index in [4.69, 9.17) is 4.74 Å². The number of likely N-dealkylation sites (tertiary alicyclic amines) is 1. The predicted octanol–water partition coefficient (Wildman–Crippen LogP) is 4.47. The van der Waals surface area contributed by atoms with Crippen molar-refractivity contribution in [1.82, 2.24) is 15.5 Å². The molecule has 4 unspecified atom stereocenters. The number of rotatable bonds is 10. The van der Waals surface area contributed by atoms with Crippen LogP contribution in [0.4, 0.5) is 8.78 Å². The molecule has 2 heterocycles. The zero-order valence-electron chi connectivity index (χ0n) is 22.9. The highest BCUT2D eigenvalue weighted by atomic mass is 19.1. The lowest BCUT2D eigenvalue weighted by atomic mass is 9.95. The average molecular weight is 560 g/mol. The summed E-state index contributed by atoms with van der Waals surface area (Å²) in [6.07, 6.45) is 3.13. The summed E-state index contributed by atoms with van der Waals surface area (Å²) in [4.78, 5) is 29.2. The Hall–Kier alpha value is -3.88. The summed E-state index contributed by atoms with van der Waals surface area (Å²) in [6.45, 7) is 5.16. The van der Waals surface area contributed by atoms with Crippen LogP contribution in [0.5, 0.6) is 0 Å². The Morgan fingerprint density at radius 2 is 1.83 bits per heavy atom. The van der Waals surface area contributed by atoms with Crippen LogP contribution in [0.25, 0.3) is 0 Å². The summed E-state index contributed by atoms with van der Waals surface area (Å²) in [5.74, 6) is -2.12. The number of carbonyl (C=O) groups excluding carboxylic acids is 2. The topological polar surface area (TPSA) is 70.7 Å². The molecular weight excluding hydrogens is 524 g/mol. The number of fused-ring (bicyclic) bond motifs is 1. The summed E-state index contributed by atoms with van der Waals surface area (Å²) in [5, 5.41) is 6.15. The van der Waals surface area contributed by atoms with E-state index in [-0.39, 0.29) is 35.9 Å². The average Bonchev–Trinajstić information content (AvgIpc) is 3.39. The minimum Gasteiger partial charge on any atom is -0.372 e. The first-order valence-electron chi connectivity index (χ1n) is 14.0. The van der Waals surface area contributed by atoms with Crippen LogP contribution < -0.4 is 10.6 Å². The van der Waals surface area contributed by atoms with Gasteiger partial charge in [-0.1, -0.05) is 66.7 Å². The van der Waals surface area contributed by atoms with Gasteiger partial charge in [0.1, 0.15) is 17.7 Å². The molecule has 5 rings (SSSR count). The third-order valence-corrected chi connectivity index (χ3v) is 7.88. The first-order valence-corrected chi connectivity index (χ1v) is 14.0. The molecule has 0 aromatic heterocycles. The number of benzene rings is 3. The van der Waals surface area contributed by atoms with E-state index in [1.807, 2.05) is 54.6 Å². The first-order chi connectivity index (χ1) is 19.9. The molecule has 8 heteroatoms. The van der Waals surface area contributed by atoms with E-state index in [1.54, 1.807) is 11.0 Å². The van der Waals surface area contributed by atoms with E-state index >= 15 is 0 Å². The third-order valence-electron chi connectivity index (χ3n) is 7.88. The van der Waals surface area contributed by atoms with Crippen molar-refractivity contribution in [3.05, 3.63) is 119 Å².